The van der Waals surface area contributed by atoms with Crippen LogP contribution in [0.2, 0.25) is 0 Å². The van der Waals surface area contributed by atoms with Crippen molar-refractivity contribution in [3.05, 3.63) is 24.2 Å². The van der Waals surface area contributed by atoms with Crippen LogP contribution in [0.4, 0.5) is 0 Å². The van der Waals surface area contributed by atoms with Crippen LogP contribution in [0, 0.1) is 5.41 Å². The Hall–Kier alpha value is -0.760. The van der Waals surface area contributed by atoms with Crippen molar-refractivity contribution in [3.63, 3.8) is 0 Å². The summed E-state index contributed by atoms with van der Waals surface area (Å²) in [5, 5.41) is 3.52. The second-order valence-corrected chi connectivity index (χ2v) is 5.30. The van der Waals surface area contributed by atoms with Crippen LogP contribution < -0.4 is 5.32 Å². The van der Waals surface area contributed by atoms with Crippen molar-refractivity contribution in [3.8, 4) is 0 Å². The summed E-state index contributed by atoms with van der Waals surface area (Å²) in [5.41, 5.74) is 0.361. The quantitative estimate of drug-likeness (QED) is 0.805. The van der Waals surface area contributed by atoms with E-state index < -0.39 is 0 Å². The molecule has 0 aromatic carbocycles. The van der Waals surface area contributed by atoms with Gasteiger partial charge in [0.2, 0.25) is 0 Å². The van der Waals surface area contributed by atoms with Gasteiger partial charge >= 0.3 is 0 Å². The molecule has 0 aliphatic carbocycles. The number of hydrogen-bond donors (Lipinski definition) is 1. The van der Waals surface area contributed by atoms with Gasteiger partial charge in [-0.1, -0.05) is 27.7 Å². The predicted octanol–water partition coefficient (Wildman–Crippen LogP) is 3.24. The molecule has 0 aliphatic rings. The van der Waals surface area contributed by atoms with Gasteiger partial charge in [0.05, 0.1) is 6.26 Å². The van der Waals surface area contributed by atoms with Crippen molar-refractivity contribution < 1.29 is 4.42 Å². The maximum absolute atomic E-state index is 5.38. The van der Waals surface area contributed by atoms with Gasteiger partial charge in [0, 0.05) is 12.5 Å². The Morgan fingerprint density at radius 1 is 1.40 bits per heavy atom. The van der Waals surface area contributed by atoms with Gasteiger partial charge in [-0.05, 0) is 30.5 Å². The lowest BCUT2D eigenvalue weighted by atomic mass is 9.86. The summed E-state index contributed by atoms with van der Waals surface area (Å²) in [5.74, 6) is 1.07. The molecule has 0 spiro atoms. The van der Waals surface area contributed by atoms with Gasteiger partial charge in [0.1, 0.15) is 5.76 Å². The molecule has 0 aliphatic heterocycles. The van der Waals surface area contributed by atoms with E-state index in [4.69, 9.17) is 4.42 Å². The Morgan fingerprint density at radius 3 is 2.60 bits per heavy atom. The number of likely N-dealkylation sites (N-methyl/N-ethyl adjacent to an activating group) is 1. The van der Waals surface area contributed by atoms with E-state index in [1.54, 1.807) is 6.26 Å². The molecule has 0 saturated heterocycles. The lowest BCUT2D eigenvalue weighted by Gasteiger charge is -2.26. The monoisotopic (exact) mass is 209 g/mol. The SMILES string of the molecule is CCNC(Cc1ccco1)CC(C)(C)C. The van der Waals surface area contributed by atoms with Crippen LogP contribution in [0.15, 0.2) is 22.8 Å². The molecule has 1 aromatic rings. The first-order chi connectivity index (χ1) is 7.01. The van der Waals surface area contributed by atoms with E-state index in [0.29, 0.717) is 11.5 Å². The van der Waals surface area contributed by atoms with Gasteiger partial charge in [-0.3, -0.25) is 0 Å². The molecule has 1 heterocycles. The van der Waals surface area contributed by atoms with Crippen LogP contribution in [0.3, 0.4) is 0 Å². The minimum Gasteiger partial charge on any atom is -0.469 e. The molecule has 0 radical (unpaired) electrons. The van der Waals surface area contributed by atoms with Crippen molar-refractivity contribution in [2.24, 2.45) is 5.41 Å². The Labute approximate surface area is 93.1 Å². The van der Waals surface area contributed by atoms with Gasteiger partial charge < -0.3 is 9.73 Å². The number of rotatable bonds is 5. The summed E-state index contributed by atoms with van der Waals surface area (Å²) in [6.07, 6.45) is 3.90. The molecule has 1 N–H and O–H groups in total. The highest BCUT2D eigenvalue weighted by Gasteiger charge is 2.18. The Kier molecular flexibility index (Phi) is 4.40. The predicted molar refractivity (Wildman–Crippen MR) is 63.9 cm³/mol. The first-order valence-electron chi connectivity index (χ1n) is 5.77. The van der Waals surface area contributed by atoms with Crippen molar-refractivity contribution in [1.29, 1.82) is 0 Å². The zero-order valence-corrected chi connectivity index (χ0v) is 10.3. The highest BCUT2D eigenvalue weighted by Crippen LogP contribution is 2.22. The molecule has 0 saturated carbocycles. The molecular weight excluding hydrogens is 186 g/mol. The van der Waals surface area contributed by atoms with Crippen molar-refractivity contribution in [2.45, 2.75) is 46.6 Å². The van der Waals surface area contributed by atoms with Crippen LogP contribution in [0.25, 0.3) is 0 Å². The standard InChI is InChI=1S/C13H23NO/c1-5-14-11(10-13(2,3)4)9-12-7-6-8-15-12/h6-8,11,14H,5,9-10H2,1-4H3. The lowest BCUT2D eigenvalue weighted by molar-refractivity contribution is 0.300. The first-order valence-corrected chi connectivity index (χ1v) is 5.77. The summed E-state index contributed by atoms with van der Waals surface area (Å²) in [4.78, 5) is 0. The number of nitrogens with one attached hydrogen (secondary N) is 1. The summed E-state index contributed by atoms with van der Waals surface area (Å²) < 4.78 is 5.38. The molecule has 0 fully saturated rings. The van der Waals surface area contributed by atoms with E-state index in [2.05, 4.69) is 33.0 Å². The Balaban J connectivity index is 2.51. The minimum absolute atomic E-state index is 0.361. The lowest BCUT2D eigenvalue weighted by Crippen LogP contribution is -2.34. The second-order valence-electron chi connectivity index (χ2n) is 5.30. The van der Waals surface area contributed by atoms with Gasteiger partial charge in [-0.2, -0.15) is 0 Å². The average molecular weight is 209 g/mol. The molecule has 2 nitrogen and oxygen atoms in total. The maximum atomic E-state index is 5.38. The highest BCUT2D eigenvalue weighted by molar-refractivity contribution is 5.00. The normalized spacial score (nSPS) is 14.1. The molecule has 1 aromatic heterocycles. The van der Waals surface area contributed by atoms with Crippen molar-refractivity contribution in [2.75, 3.05) is 6.54 Å². The van der Waals surface area contributed by atoms with E-state index in [1.807, 2.05) is 12.1 Å². The highest BCUT2D eigenvalue weighted by atomic mass is 16.3. The molecule has 1 rings (SSSR count). The smallest absolute Gasteiger partial charge is 0.105 e. The van der Waals surface area contributed by atoms with Crippen molar-refractivity contribution >= 4 is 0 Å². The van der Waals surface area contributed by atoms with Crippen LogP contribution in [-0.4, -0.2) is 12.6 Å². The molecule has 0 bridgehead atoms. The fraction of sp³-hybridized carbons (Fsp3) is 0.692. The second kappa shape index (κ2) is 5.36. The molecule has 1 unspecified atom stereocenters. The maximum Gasteiger partial charge on any atom is 0.105 e. The van der Waals surface area contributed by atoms with Gasteiger partial charge in [0.15, 0.2) is 0 Å². The van der Waals surface area contributed by atoms with Crippen LogP contribution in [0.1, 0.15) is 39.9 Å². The molecular formula is C13H23NO. The van der Waals surface area contributed by atoms with E-state index >= 15 is 0 Å². The fourth-order valence-electron chi connectivity index (χ4n) is 1.92. The van der Waals surface area contributed by atoms with E-state index in [1.165, 1.54) is 6.42 Å². The number of furan rings is 1. The zero-order chi connectivity index (χ0) is 11.3. The molecule has 1 atom stereocenters. The summed E-state index contributed by atoms with van der Waals surface area (Å²) >= 11 is 0. The number of hydrogen-bond acceptors (Lipinski definition) is 2. The third kappa shape index (κ3) is 5.03. The van der Waals surface area contributed by atoms with Gasteiger partial charge in [-0.15, -0.1) is 0 Å². The Morgan fingerprint density at radius 2 is 2.13 bits per heavy atom. The van der Waals surface area contributed by atoms with E-state index in [-0.39, 0.29) is 0 Å². The third-order valence-corrected chi connectivity index (χ3v) is 2.38. The van der Waals surface area contributed by atoms with Gasteiger partial charge in [0.25, 0.3) is 0 Å². The molecule has 15 heavy (non-hydrogen) atoms. The van der Waals surface area contributed by atoms with Gasteiger partial charge in [-0.25, -0.2) is 0 Å². The average Bonchev–Trinajstić information content (AvgIpc) is 2.54. The first kappa shape index (κ1) is 12.3. The van der Waals surface area contributed by atoms with E-state index in [9.17, 15) is 0 Å². The third-order valence-electron chi connectivity index (χ3n) is 2.38. The molecule has 86 valence electrons. The summed E-state index contributed by atoms with van der Waals surface area (Å²) in [6.45, 7) is 10.00. The Bertz CT molecular complexity index is 259. The zero-order valence-electron chi connectivity index (χ0n) is 10.3. The topological polar surface area (TPSA) is 25.2 Å². The summed E-state index contributed by atoms with van der Waals surface area (Å²) in [6, 6.07) is 4.52. The molecule has 0 amide bonds. The largest absolute Gasteiger partial charge is 0.469 e. The van der Waals surface area contributed by atoms with Crippen LogP contribution >= 0.6 is 0 Å². The van der Waals surface area contributed by atoms with Crippen LogP contribution in [0.5, 0.6) is 0 Å². The van der Waals surface area contributed by atoms with Crippen molar-refractivity contribution in [1.82, 2.24) is 5.32 Å². The molecule has 2 heteroatoms. The van der Waals surface area contributed by atoms with Crippen LogP contribution in [-0.2, 0) is 6.42 Å². The fourth-order valence-corrected chi connectivity index (χ4v) is 1.92. The summed E-state index contributed by atoms with van der Waals surface area (Å²) in [7, 11) is 0. The van der Waals surface area contributed by atoms with E-state index in [0.717, 1.165) is 18.7 Å². The minimum atomic E-state index is 0.361.